The van der Waals surface area contributed by atoms with Gasteiger partial charge in [-0.3, -0.25) is 14.4 Å². The summed E-state index contributed by atoms with van der Waals surface area (Å²) < 4.78 is 0. The van der Waals surface area contributed by atoms with Crippen molar-refractivity contribution in [3.63, 3.8) is 0 Å². The molecular weight excluding hydrogens is 456 g/mol. The maximum Gasteiger partial charge on any atom is 0.243 e. The van der Waals surface area contributed by atoms with E-state index in [9.17, 15) is 24.8 Å². The van der Waals surface area contributed by atoms with E-state index in [2.05, 4.69) is 16.0 Å². The molecule has 3 amide bonds. The summed E-state index contributed by atoms with van der Waals surface area (Å²) in [5.41, 5.74) is -2.33. The molecule has 0 bridgehead atoms. The highest BCUT2D eigenvalue weighted by Crippen LogP contribution is 2.40. The molecular formula is C25H35ClN4O4. The summed E-state index contributed by atoms with van der Waals surface area (Å²) in [7, 11) is 0. The zero-order valence-electron chi connectivity index (χ0n) is 20.4. The molecule has 1 fully saturated rings. The zero-order valence-corrected chi connectivity index (χ0v) is 21.2. The smallest absolute Gasteiger partial charge is 0.243 e. The molecule has 8 nitrogen and oxygen atoms in total. The second-order valence-electron chi connectivity index (χ2n) is 10.1. The number of aliphatic hydroxyl groups is 1. The van der Waals surface area contributed by atoms with Crippen LogP contribution in [0.1, 0.15) is 59.4 Å². The van der Waals surface area contributed by atoms with Crippen molar-refractivity contribution in [1.82, 2.24) is 16.0 Å². The molecule has 1 heterocycles. The molecule has 4 atom stereocenters. The van der Waals surface area contributed by atoms with Crippen LogP contribution < -0.4 is 16.0 Å². The lowest BCUT2D eigenvalue weighted by Gasteiger charge is -2.40. The Kier molecular flexibility index (Phi) is 9.09. The summed E-state index contributed by atoms with van der Waals surface area (Å²) in [6.45, 7) is 9.17. The van der Waals surface area contributed by atoms with Crippen molar-refractivity contribution in [2.75, 3.05) is 6.54 Å². The number of nitriles is 1. The highest BCUT2D eigenvalue weighted by Gasteiger charge is 2.47. The lowest BCUT2D eigenvalue weighted by atomic mass is 9.71. The lowest BCUT2D eigenvalue weighted by molar-refractivity contribution is -0.148. The Morgan fingerprint density at radius 3 is 2.35 bits per heavy atom. The number of hydrogen-bond acceptors (Lipinski definition) is 5. The molecule has 1 saturated heterocycles. The number of amides is 3. The molecule has 1 aromatic carbocycles. The first-order valence-electron chi connectivity index (χ1n) is 11.6. The van der Waals surface area contributed by atoms with Gasteiger partial charge in [-0.2, -0.15) is 5.26 Å². The van der Waals surface area contributed by atoms with Gasteiger partial charge in [-0.15, -0.1) is 0 Å². The van der Waals surface area contributed by atoms with E-state index >= 15 is 0 Å². The van der Waals surface area contributed by atoms with E-state index < -0.39 is 34.9 Å². The van der Waals surface area contributed by atoms with Crippen LogP contribution in [0, 0.1) is 28.6 Å². The molecule has 0 aliphatic carbocycles. The van der Waals surface area contributed by atoms with Crippen molar-refractivity contribution < 1.29 is 19.5 Å². The van der Waals surface area contributed by atoms with Gasteiger partial charge in [-0.05, 0) is 63.6 Å². The minimum absolute atomic E-state index is 0.0806. The Balaban J connectivity index is 2.16. The van der Waals surface area contributed by atoms with Crippen molar-refractivity contribution >= 4 is 29.3 Å². The van der Waals surface area contributed by atoms with E-state index in [0.717, 1.165) is 0 Å². The van der Waals surface area contributed by atoms with Gasteiger partial charge in [0.25, 0.3) is 0 Å². The summed E-state index contributed by atoms with van der Waals surface area (Å²) in [5.74, 6) is -1.35. The predicted octanol–water partition coefficient (Wildman–Crippen LogP) is 2.64. The van der Waals surface area contributed by atoms with Crippen molar-refractivity contribution in [2.45, 2.75) is 71.6 Å². The van der Waals surface area contributed by atoms with Crippen LogP contribution in [0.25, 0.3) is 0 Å². The summed E-state index contributed by atoms with van der Waals surface area (Å²) in [6.07, 6.45) is 1.18. The Morgan fingerprint density at radius 1 is 1.24 bits per heavy atom. The third-order valence-electron chi connectivity index (χ3n) is 6.68. The van der Waals surface area contributed by atoms with Gasteiger partial charge in [-0.25, -0.2) is 0 Å². The van der Waals surface area contributed by atoms with Crippen molar-refractivity contribution in [1.29, 1.82) is 5.26 Å². The number of halogens is 1. The van der Waals surface area contributed by atoms with Crippen molar-refractivity contribution in [3.05, 3.63) is 34.9 Å². The molecule has 0 unspecified atom stereocenters. The molecule has 0 spiro atoms. The number of nitrogens with one attached hydrogen (secondary N) is 3. The average molecular weight is 491 g/mol. The van der Waals surface area contributed by atoms with Crippen molar-refractivity contribution in [2.24, 2.45) is 17.3 Å². The third kappa shape index (κ3) is 6.49. The molecule has 1 aliphatic rings. The lowest BCUT2D eigenvalue weighted by Crippen LogP contribution is -2.56. The Morgan fingerprint density at radius 2 is 1.85 bits per heavy atom. The first-order chi connectivity index (χ1) is 15.8. The molecule has 2 rings (SSSR count). The van der Waals surface area contributed by atoms with E-state index in [1.807, 2.05) is 19.9 Å². The van der Waals surface area contributed by atoms with Crippen LogP contribution in [-0.2, 0) is 20.0 Å². The third-order valence-corrected chi connectivity index (χ3v) is 6.93. The summed E-state index contributed by atoms with van der Waals surface area (Å²) >= 11 is 5.96. The number of rotatable bonds is 10. The number of benzene rings is 1. The fraction of sp³-hybridized carbons (Fsp3) is 0.600. The maximum absolute atomic E-state index is 13.3. The molecule has 0 radical (unpaired) electrons. The molecule has 1 aliphatic heterocycles. The molecule has 4 N–H and O–H groups in total. The highest BCUT2D eigenvalue weighted by atomic mass is 35.5. The fourth-order valence-electron chi connectivity index (χ4n) is 3.97. The predicted molar refractivity (Wildman–Crippen MR) is 129 cm³/mol. The molecule has 186 valence electrons. The maximum atomic E-state index is 13.3. The Labute approximate surface area is 206 Å². The van der Waals surface area contributed by atoms with Crippen LogP contribution in [-0.4, -0.2) is 41.5 Å². The zero-order chi connectivity index (χ0) is 25.7. The minimum atomic E-state index is -1.55. The number of nitrogens with zero attached hydrogens (tertiary/aromatic N) is 1. The van der Waals surface area contributed by atoms with Gasteiger partial charge in [0, 0.05) is 17.5 Å². The fourth-order valence-corrected chi connectivity index (χ4v) is 4.09. The minimum Gasteiger partial charge on any atom is -0.384 e. The largest absolute Gasteiger partial charge is 0.384 e. The number of carbonyl (C=O) groups excluding carboxylic acids is 3. The van der Waals surface area contributed by atoms with Crippen LogP contribution in [0.5, 0.6) is 0 Å². The normalized spacial score (nSPS) is 19.5. The van der Waals surface area contributed by atoms with Crippen LogP contribution in [0.15, 0.2) is 24.3 Å². The number of carbonyl (C=O) groups is 3. The molecule has 9 heteroatoms. The van der Waals surface area contributed by atoms with Gasteiger partial charge in [0.15, 0.2) is 0 Å². The Hall–Kier alpha value is -2.63. The van der Waals surface area contributed by atoms with Gasteiger partial charge in [0.1, 0.15) is 17.7 Å². The monoisotopic (exact) mass is 490 g/mol. The van der Waals surface area contributed by atoms with Crippen molar-refractivity contribution in [3.8, 4) is 6.07 Å². The summed E-state index contributed by atoms with van der Waals surface area (Å²) in [6, 6.07) is 6.89. The van der Waals surface area contributed by atoms with Gasteiger partial charge in [0.2, 0.25) is 17.7 Å². The molecule has 0 saturated carbocycles. The average Bonchev–Trinajstić information content (AvgIpc) is 3.16. The van der Waals surface area contributed by atoms with E-state index in [1.54, 1.807) is 45.0 Å². The van der Waals surface area contributed by atoms with Gasteiger partial charge >= 0.3 is 0 Å². The molecule has 1 aromatic rings. The first kappa shape index (κ1) is 27.6. The van der Waals surface area contributed by atoms with Crippen LogP contribution in [0.2, 0.25) is 5.02 Å². The summed E-state index contributed by atoms with van der Waals surface area (Å²) in [5, 5.41) is 29.5. The quantitative estimate of drug-likeness (QED) is 0.400. The van der Waals surface area contributed by atoms with Crippen LogP contribution in [0.4, 0.5) is 0 Å². The molecule has 0 aromatic heterocycles. The second-order valence-corrected chi connectivity index (χ2v) is 10.5. The SMILES string of the molecule is CC(C)C[C@H](NC(=O)C(C)(C)[C@](C)(O)c1ccc(Cl)cc1)C(=O)N[C@H](C#N)C[C@@H]1CCNC1=O. The van der Waals surface area contributed by atoms with Crippen LogP contribution in [0.3, 0.4) is 0 Å². The highest BCUT2D eigenvalue weighted by molar-refractivity contribution is 6.30. The number of hydrogen-bond donors (Lipinski definition) is 4. The van der Waals surface area contributed by atoms with Gasteiger partial charge in [-0.1, -0.05) is 37.6 Å². The standard InChI is InChI=1S/C25H35ClN4O4/c1-15(2)12-20(22(32)29-19(14-27)13-16-10-11-28-21(16)31)30-23(33)24(3,4)25(5,34)17-6-8-18(26)9-7-17/h6-9,15-16,19-20,34H,10-13H2,1-5H3,(H,28,31)(H,29,32)(H,30,33)/t16-,19-,20-,25+/m0/s1. The van der Waals surface area contributed by atoms with E-state index in [1.165, 1.54) is 0 Å². The van der Waals surface area contributed by atoms with E-state index in [4.69, 9.17) is 11.6 Å². The second kappa shape index (κ2) is 11.2. The first-order valence-corrected chi connectivity index (χ1v) is 11.9. The summed E-state index contributed by atoms with van der Waals surface area (Å²) in [4.78, 5) is 38.3. The van der Waals surface area contributed by atoms with Gasteiger partial charge in [0.05, 0.1) is 11.5 Å². The topological polar surface area (TPSA) is 131 Å². The van der Waals surface area contributed by atoms with E-state index in [0.29, 0.717) is 30.0 Å². The van der Waals surface area contributed by atoms with Gasteiger partial charge < -0.3 is 21.1 Å². The molecule has 34 heavy (non-hydrogen) atoms. The van der Waals surface area contributed by atoms with E-state index in [-0.39, 0.29) is 24.2 Å². The Bertz CT molecular complexity index is 937. The van der Waals surface area contributed by atoms with Crippen LogP contribution >= 0.6 is 11.6 Å².